The summed E-state index contributed by atoms with van der Waals surface area (Å²) in [5.74, 6) is 0.0550. The van der Waals surface area contributed by atoms with Crippen LogP contribution >= 0.6 is 22.6 Å². The van der Waals surface area contributed by atoms with Crippen molar-refractivity contribution in [3.63, 3.8) is 0 Å². The van der Waals surface area contributed by atoms with Crippen molar-refractivity contribution in [2.45, 2.75) is 12.5 Å². The van der Waals surface area contributed by atoms with Gasteiger partial charge in [-0.3, -0.25) is 10.1 Å². The first-order valence-electron chi connectivity index (χ1n) is 4.54. The Morgan fingerprint density at radius 2 is 2.40 bits per heavy atom. The first-order chi connectivity index (χ1) is 7.16. The smallest absolute Gasteiger partial charge is 0.324 e. The molecular formula is C10H10INO3. The first-order valence-corrected chi connectivity index (χ1v) is 5.62. The highest BCUT2D eigenvalue weighted by Gasteiger charge is 2.25. The van der Waals surface area contributed by atoms with Gasteiger partial charge in [-0.2, -0.15) is 0 Å². The number of halogens is 1. The van der Waals surface area contributed by atoms with Crippen molar-refractivity contribution in [3.05, 3.63) is 27.3 Å². The van der Waals surface area contributed by atoms with Gasteiger partial charge >= 0.3 is 5.97 Å². The third-order valence-electron chi connectivity index (χ3n) is 2.28. The molecule has 80 valence electrons. The van der Waals surface area contributed by atoms with Gasteiger partial charge in [0.1, 0.15) is 18.5 Å². The molecule has 0 radical (unpaired) electrons. The van der Waals surface area contributed by atoms with E-state index in [4.69, 9.17) is 4.74 Å². The fourth-order valence-electron chi connectivity index (χ4n) is 1.47. The molecule has 0 saturated carbocycles. The lowest BCUT2D eigenvalue weighted by molar-refractivity contribution is -0.139. The zero-order valence-electron chi connectivity index (χ0n) is 7.87. The Morgan fingerprint density at radius 1 is 1.60 bits per heavy atom. The van der Waals surface area contributed by atoms with Crippen LogP contribution in [-0.2, 0) is 16.0 Å². The number of ether oxygens (including phenoxy) is 1. The summed E-state index contributed by atoms with van der Waals surface area (Å²) in [7, 11) is 0. The summed E-state index contributed by atoms with van der Waals surface area (Å²) in [6.45, 7) is 0.290. The van der Waals surface area contributed by atoms with E-state index in [0.29, 0.717) is 13.2 Å². The molecule has 1 aromatic carbocycles. The van der Waals surface area contributed by atoms with Gasteiger partial charge in [0.05, 0.1) is 3.57 Å². The number of hydrogen-bond acceptors (Lipinski definition) is 4. The quantitative estimate of drug-likeness (QED) is 0.631. The average molecular weight is 319 g/mol. The summed E-state index contributed by atoms with van der Waals surface area (Å²) >= 11 is 2.06. The van der Waals surface area contributed by atoms with Crippen molar-refractivity contribution in [1.82, 2.24) is 5.32 Å². The molecule has 0 aromatic heterocycles. The van der Waals surface area contributed by atoms with Crippen LogP contribution in [0.2, 0.25) is 0 Å². The molecule has 0 unspecified atom stereocenters. The van der Waals surface area contributed by atoms with Crippen LogP contribution in [0.4, 0.5) is 0 Å². The van der Waals surface area contributed by atoms with Crippen molar-refractivity contribution < 1.29 is 14.6 Å². The van der Waals surface area contributed by atoms with Gasteiger partial charge in [-0.15, -0.1) is 0 Å². The minimum Gasteiger partial charge on any atom is -0.507 e. The molecule has 1 saturated heterocycles. The number of cyclic esters (lactones) is 1. The molecule has 1 atom stereocenters. The Kier molecular flexibility index (Phi) is 3.11. The summed E-state index contributed by atoms with van der Waals surface area (Å²) < 4.78 is 5.58. The van der Waals surface area contributed by atoms with Crippen molar-refractivity contribution >= 4 is 28.6 Å². The molecule has 0 spiro atoms. The maximum atomic E-state index is 11.2. The lowest BCUT2D eigenvalue weighted by Gasteiger charge is -2.07. The number of rotatable bonds is 2. The van der Waals surface area contributed by atoms with Gasteiger partial charge in [-0.05, 0) is 46.7 Å². The molecule has 1 aliphatic rings. The normalized spacial score (nSPS) is 20.3. The molecule has 1 aliphatic heterocycles. The van der Waals surface area contributed by atoms with E-state index in [9.17, 15) is 9.90 Å². The van der Waals surface area contributed by atoms with E-state index in [0.717, 1.165) is 9.13 Å². The molecule has 15 heavy (non-hydrogen) atoms. The lowest BCUT2D eigenvalue weighted by atomic mass is 10.1. The van der Waals surface area contributed by atoms with Crippen LogP contribution in [0, 0.1) is 3.57 Å². The maximum Gasteiger partial charge on any atom is 0.324 e. The molecule has 1 fully saturated rings. The SMILES string of the molecule is O=C1OCN[C@H]1Cc1ccc(O)c(I)c1. The number of aromatic hydroxyl groups is 1. The van der Waals surface area contributed by atoms with Crippen LogP contribution < -0.4 is 5.32 Å². The van der Waals surface area contributed by atoms with E-state index in [-0.39, 0.29) is 17.8 Å². The molecule has 5 heteroatoms. The molecule has 1 heterocycles. The van der Waals surface area contributed by atoms with Crippen molar-refractivity contribution in [1.29, 1.82) is 0 Å². The molecule has 2 rings (SSSR count). The van der Waals surface area contributed by atoms with E-state index in [1.807, 2.05) is 12.1 Å². The summed E-state index contributed by atoms with van der Waals surface area (Å²) in [6.07, 6.45) is 0.592. The predicted octanol–water partition coefficient (Wildman–Crippen LogP) is 1.01. The van der Waals surface area contributed by atoms with E-state index in [2.05, 4.69) is 27.9 Å². The predicted molar refractivity (Wildman–Crippen MR) is 62.4 cm³/mol. The van der Waals surface area contributed by atoms with Crippen molar-refractivity contribution in [3.8, 4) is 5.75 Å². The largest absolute Gasteiger partial charge is 0.507 e. The molecule has 0 amide bonds. The summed E-state index contributed by atoms with van der Waals surface area (Å²) in [4.78, 5) is 11.2. The third kappa shape index (κ3) is 2.40. The van der Waals surface area contributed by atoms with Gasteiger partial charge < -0.3 is 9.84 Å². The summed E-state index contributed by atoms with van der Waals surface area (Å²) in [5, 5.41) is 12.3. The van der Waals surface area contributed by atoms with Crippen LogP contribution in [0.25, 0.3) is 0 Å². The zero-order chi connectivity index (χ0) is 10.8. The molecule has 4 nitrogen and oxygen atoms in total. The number of benzene rings is 1. The Morgan fingerprint density at radius 3 is 3.00 bits per heavy atom. The van der Waals surface area contributed by atoms with Crippen LogP contribution in [0.3, 0.4) is 0 Å². The van der Waals surface area contributed by atoms with E-state index >= 15 is 0 Å². The molecule has 0 aliphatic carbocycles. The topological polar surface area (TPSA) is 58.6 Å². The molecule has 1 aromatic rings. The van der Waals surface area contributed by atoms with Gasteiger partial charge in [-0.25, -0.2) is 0 Å². The monoisotopic (exact) mass is 319 g/mol. The summed E-state index contributed by atoms with van der Waals surface area (Å²) in [5.41, 5.74) is 1.01. The van der Waals surface area contributed by atoms with Gasteiger partial charge in [0, 0.05) is 0 Å². The number of nitrogens with one attached hydrogen (secondary N) is 1. The molecule has 2 N–H and O–H groups in total. The Labute approximate surface area is 101 Å². The standard InChI is InChI=1S/C10H10INO3/c11-7-3-6(1-2-9(7)13)4-8-10(14)15-5-12-8/h1-3,8,12-13H,4-5H2/t8-/m0/s1. The lowest BCUT2D eigenvalue weighted by Crippen LogP contribution is -2.29. The van der Waals surface area contributed by atoms with Crippen molar-refractivity contribution in [2.75, 3.05) is 6.73 Å². The Balaban J connectivity index is 2.10. The van der Waals surface area contributed by atoms with Crippen LogP contribution in [0.1, 0.15) is 5.56 Å². The number of carbonyl (C=O) groups is 1. The van der Waals surface area contributed by atoms with Crippen LogP contribution in [0.15, 0.2) is 18.2 Å². The van der Waals surface area contributed by atoms with E-state index in [1.54, 1.807) is 6.07 Å². The minimum absolute atomic E-state index is 0.210. The number of carbonyl (C=O) groups excluding carboxylic acids is 1. The second-order valence-corrected chi connectivity index (χ2v) is 4.52. The average Bonchev–Trinajstić information content (AvgIpc) is 2.59. The third-order valence-corrected chi connectivity index (χ3v) is 3.14. The summed E-state index contributed by atoms with van der Waals surface area (Å²) in [6, 6.07) is 5.05. The number of phenols is 1. The fraction of sp³-hybridized carbons (Fsp3) is 0.300. The first kappa shape index (κ1) is 10.7. The number of hydrogen-bond donors (Lipinski definition) is 2. The van der Waals surface area contributed by atoms with E-state index in [1.165, 1.54) is 0 Å². The number of phenolic OH excluding ortho intramolecular Hbond substituents is 1. The van der Waals surface area contributed by atoms with E-state index < -0.39 is 0 Å². The van der Waals surface area contributed by atoms with Crippen LogP contribution in [0.5, 0.6) is 5.75 Å². The van der Waals surface area contributed by atoms with Gasteiger partial charge in [0.25, 0.3) is 0 Å². The molecular weight excluding hydrogens is 309 g/mol. The highest BCUT2D eigenvalue weighted by atomic mass is 127. The number of esters is 1. The second-order valence-electron chi connectivity index (χ2n) is 3.35. The Bertz CT molecular complexity index is 394. The molecule has 0 bridgehead atoms. The van der Waals surface area contributed by atoms with Crippen molar-refractivity contribution in [2.24, 2.45) is 0 Å². The van der Waals surface area contributed by atoms with Crippen LogP contribution in [-0.4, -0.2) is 23.8 Å². The van der Waals surface area contributed by atoms with Gasteiger partial charge in [0.15, 0.2) is 0 Å². The highest BCUT2D eigenvalue weighted by molar-refractivity contribution is 14.1. The van der Waals surface area contributed by atoms with Gasteiger partial charge in [-0.1, -0.05) is 6.07 Å². The van der Waals surface area contributed by atoms with Gasteiger partial charge in [0.2, 0.25) is 0 Å². The Hall–Kier alpha value is -0.820. The highest BCUT2D eigenvalue weighted by Crippen LogP contribution is 2.21. The zero-order valence-corrected chi connectivity index (χ0v) is 10.0. The minimum atomic E-state index is -0.259. The maximum absolute atomic E-state index is 11.2. The second kappa shape index (κ2) is 4.36. The fourth-order valence-corrected chi connectivity index (χ4v) is 2.05.